The highest BCUT2D eigenvalue weighted by Gasteiger charge is 2.31. The van der Waals surface area contributed by atoms with Gasteiger partial charge in [-0.05, 0) is 47.8 Å². The van der Waals surface area contributed by atoms with Gasteiger partial charge in [-0.25, -0.2) is 8.42 Å². The monoisotopic (exact) mass is 495 g/mol. The van der Waals surface area contributed by atoms with Crippen molar-refractivity contribution in [3.63, 3.8) is 0 Å². The molecule has 0 bridgehead atoms. The lowest BCUT2D eigenvalue weighted by Crippen LogP contribution is -2.26. The van der Waals surface area contributed by atoms with E-state index >= 15 is 0 Å². The van der Waals surface area contributed by atoms with E-state index in [1.165, 1.54) is 32.4 Å². The molecule has 4 rings (SSSR count). The number of rotatable bonds is 6. The van der Waals surface area contributed by atoms with Crippen LogP contribution in [0.3, 0.4) is 0 Å². The summed E-state index contributed by atoms with van der Waals surface area (Å²) >= 11 is 1.06. The first-order valence-electron chi connectivity index (χ1n) is 9.33. The number of aromatic nitrogens is 2. The van der Waals surface area contributed by atoms with Gasteiger partial charge in [-0.2, -0.15) is 18.2 Å². The van der Waals surface area contributed by atoms with Crippen molar-refractivity contribution in [3.05, 3.63) is 65.5 Å². The van der Waals surface area contributed by atoms with Gasteiger partial charge in [0.2, 0.25) is 5.82 Å². The third-order valence-corrected chi connectivity index (χ3v) is 7.63. The molecule has 0 unspecified atom stereocenters. The van der Waals surface area contributed by atoms with Crippen LogP contribution in [-0.2, 0) is 16.2 Å². The maximum Gasteiger partial charge on any atom is 0.416 e. The van der Waals surface area contributed by atoms with Crippen molar-refractivity contribution in [2.75, 3.05) is 18.5 Å². The van der Waals surface area contributed by atoms with Crippen LogP contribution in [-0.4, -0.2) is 32.7 Å². The Morgan fingerprint density at radius 2 is 1.82 bits per heavy atom. The average Bonchev–Trinajstić information content (AvgIpc) is 3.48. The number of hydrogen-bond donors (Lipinski definition) is 0. The minimum absolute atomic E-state index is 0.0648. The van der Waals surface area contributed by atoms with Crippen LogP contribution in [0.15, 0.2) is 69.4 Å². The molecular formula is C21H16F3N3O4S2. The highest BCUT2D eigenvalue weighted by Crippen LogP contribution is 2.36. The van der Waals surface area contributed by atoms with E-state index in [9.17, 15) is 21.6 Å². The van der Waals surface area contributed by atoms with E-state index in [1.807, 2.05) is 0 Å². The van der Waals surface area contributed by atoms with Crippen molar-refractivity contribution in [1.29, 1.82) is 0 Å². The minimum Gasteiger partial charge on any atom is -0.497 e. The SMILES string of the molecule is COc1ccc(N(C)S(=O)(=O)c2ccsc2-c2nc(-c3cccc(C(F)(F)F)c3)no2)cc1. The van der Waals surface area contributed by atoms with Crippen LogP contribution in [0.2, 0.25) is 0 Å². The molecule has 0 aliphatic heterocycles. The molecule has 2 aromatic heterocycles. The van der Waals surface area contributed by atoms with Crippen LogP contribution in [0.25, 0.3) is 22.2 Å². The third-order valence-electron chi connectivity index (χ3n) is 4.77. The number of methoxy groups -OCH3 is 1. The number of hydrogen-bond acceptors (Lipinski definition) is 7. The standard InChI is InChI=1S/C21H16F3N3O4S2/c1-27(15-6-8-16(30-2)9-7-15)33(28,29)17-10-11-32-18(17)20-25-19(26-31-20)13-4-3-5-14(12-13)21(22,23)24/h3-12H,1-2H3. The molecule has 4 aromatic rings. The first-order valence-corrected chi connectivity index (χ1v) is 11.7. The Labute approximate surface area is 191 Å². The lowest BCUT2D eigenvalue weighted by molar-refractivity contribution is -0.137. The van der Waals surface area contributed by atoms with E-state index in [-0.39, 0.29) is 27.1 Å². The summed E-state index contributed by atoms with van der Waals surface area (Å²) in [6.07, 6.45) is -4.52. The summed E-state index contributed by atoms with van der Waals surface area (Å²) in [6, 6.07) is 12.4. The first kappa shape index (κ1) is 22.8. The number of thiophene rings is 1. The van der Waals surface area contributed by atoms with Crippen LogP contribution in [0.1, 0.15) is 5.56 Å². The van der Waals surface area contributed by atoms with Gasteiger partial charge in [-0.3, -0.25) is 4.31 Å². The third kappa shape index (κ3) is 4.44. The van der Waals surface area contributed by atoms with Gasteiger partial charge in [0, 0.05) is 12.6 Å². The Kier molecular flexibility index (Phi) is 5.89. The summed E-state index contributed by atoms with van der Waals surface area (Å²) in [6.45, 7) is 0. The van der Waals surface area contributed by atoms with Gasteiger partial charge in [-0.1, -0.05) is 17.3 Å². The molecular weight excluding hydrogens is 479 g/mol. The number of sulfonamides is 1. The second-order valence-electron chi connectivity index (χ2n) is 6.79. The van der Waals surface area contributed by atoms with E-state index in [0.717, 1.165) is 27.8 Å². The van der Waals surface area contributed by atoms with Gasteiger partial charge in [0.15, 0.2) is 0 Å². The van der Waals surface area contributed by atoms with Gasteiger partial charge < -0.3 is 9.26 Å². The van der Waals surface area contributed by atoms with Crippen LogP contribution in [0.4, 0.5) is 18.9 Å². The van der Waals surface area contributed by atoms with E-state index < -0.39 is 21.8 Å². The van der Waals surface area contributed by atoms with Gasteiger partial charge in [-0.15, -0.1) is 11.3 Å². The summed E-state index contributed by atoms with van der Waals surface area (Å²) in [4.78, 5) is 4.26. The van der Waals surface area contributed by atoms with Crippen LogP contribution >= 0.6 is 11.3 Å². The van der Waals surface area contributed by atoms with Crippen LogP contribution < -0.4 is 9.04 Å². The number of alkyl halides is 3. The molecule has 0 radical (unpaired) electrons. The number of halogens is 3. The first-order chi connectivity index (χ1) is 15.6. The van der Waals surface area contributed by atoms with Crippen molar-refractivity contribution in [2.45, 2.75) is 11.1 Å². The normalized spacial score (nSPS) is 12.0. The predicted octanol–water partition coefficient (Wildman–Crippen LogP) is 5.32. The largest absolute Gasteiger partial charge is 0.497 e. The van der Waals surface area contributed by atoms with Crippen molar-refractivity contribution in [3.8, 4) is 27.9 Å². The quantitative estimate of drug-likeness (QED) is 0.360. The maximum atomic E-state index is 13.3. The molecule has 12 heteroatoms. The molecule has 33 heavy (non-hydrogen) atoms. The Bertz CT molecular complexity index is 1380. The Balaban J connectivity index is 1.67. The average molecular weight is 496 g/mol. The van der Waals surface area contributed by atoms with Crippen LogP contribution in [0, 0.1) is 0 Å². The molecule has 2 heterocycles. The lowest BCUT2D eigenvalue weighted by atomic mass is 10.1. The molecule has 7 nitrogen and oxygen atoms in total. The van der Waals surface area contributed by atoms with E-state index in [1.54, 1.807) is 29.6 Å². The zero-order chi connectivity index (χ0) is 23.8. The van der Waals surface area contributed by atoms with Crippen molar-refractivity contribution < 1.29 is 30.8 Å². The molecule has 172 valence electrons. The molecule has 0 atom stereocenters. The van der Waals surface area contributed by atoms with E-state index in [0.29, 0.717) is 11.4 Å². The van der Waals surface area contributed by atoms with E-state index in [4.69, 9.17) is 9.26 Å². The molecule has 0 saturated carbocycles. The van der Waals surface area contributed by atoms with Crippen LogP contribution in [0.5, 0.6) is 5.75 Å². The van der Waals surface area contributed by atoms with Crippen molar-refractivity contribution >= 4 is 27.0 Å². The summed E-state index contributed by atoms with van der Waals surface area (Å²) in [5.41, 5.74) is -0.355. The molecule has 0 spiro atoms. The molecule has 0 saturated heterocycles. The van der Waals surface area contributed by atoms with Gasteiger partial charge >= 0.3 is 6.18 Å². The van der Waals surface area contributed by atoms with Gasteiger partial charge in [0.05, 0.1) is 18.4 Å². The Morgan fingerprint density at radius 1 is 1.09 bits per heavy atom. The second-order valence-corrected chi connectivity index (χ2v) is 9.64. The van der Waals surface area contributed by atoms with E-state index in [2.05, 4.69) is 10.1 Å². The highest BCUT2D eigenvalue weighted by atomic mass is 32.2. The summed E-state index contributed by atoms with van der Waals surface area (Å²) in [7, 11) is -1.09. The Hall–Kier alpha value is -3.38. The van der Waals surface area contributed by atoms with Crippen molar-refractivity contribution in [2.24, 2.45) is 0 Å². The maximum absolute atomic E-state index is 13.3. The fourth-order valence-corrected chi connectivity index (χ4v) is 5.51. The minimum atomic E-state index is -4.52. The molecule has 0 aliphatic carbocycles. The summed E-state index contributed by atoms with van der Waals surface area (Å²) in [5.74, 6) is 0.379. The molecule has 2 aromatic carbocycles. The number of nitrogens with zero attached hydrogens (tertiary/aromatic N) is 3. The Morgan fingerprint density at radius 3 is 2.48 bits per heavy atom. The highest BCUT2D eigenvalue weighted by molar-refractivity contribution is 7.93. The molecule has 0 fully saturated rings. The predicted molar refractivity (Wildman–Crippen MR) is 117 cm³/mol. The number of anilines is 1. The second kappa shape index (κ2) is 8.52. The fraction of sp³-hybridized carbons (Fsp3) is 0.143. The zero-order valence-corrected chi connectivity index (χ0v) is 18.8. The molecule has 0 N–H and O–H groups in total. The molecule has 0 amide bonds. The molecule has 0 aliphatic rings. The number of ether oxygens (including phenoxy) is 1. The smallest absolute Gasteiger partial charge is 0.416 e. The summed E-state index contributed by atoms with van der Waals surface area (Å²) in [5, 5.41) is 5.30. The van der Waals surface area contributed by atoms with Gasteiger partial charge in [0.1, 0.15) is 15.5 Å². The lowest BCUT2D eigenvalue weighted by Gasteiger charge is -2.19. The fourth-order valence-electron chi connectivity index (χ4n) is 3.00. The van der Waals surface area contributed by atoms with Crippen molar-refractivity contribution in [1.82, 2.24) is 10.1 Å². The summed E-state index contributed by atoms with van der Waals surface area (Å²) < 4.78 is 77.0. The van der Waals surface area contributed by atoms with Gasteiger partial charge in [0.25, 0.3) is 15.9 Å². The number of benzene rings is 2. The topological polar surface area (TPSA) is 85.5 Å². The zero-order valence-electron chi connectivity index (χ0n) is 17.2.